The highest BCUT2D eigenvalue weighted by Crippen LogP contribution is 2.41. The second-order valence-corrected chi connectivity index (χ2v) is 10.0. The maximum absolute atomic E-state index is 15.0. The lowest BCUT2D eigenvalue weighted by molar-refractivity contribution is 0.304. The van der Waals surface area contributed by atoms with Crippen molar-refractivity contribution >= 4 is 21.6 Å². The molecule has 0 saturated heterocycles. The summed E-state index contributed by atoms with van der Waals surface area (Å²) in [5.74, 6) is -1.62. The van der Waals surface area contributed by atoms with Crippen LogP contribution in [0.2, 0.25) is 5.02 Å². The average molecular weight is 484 g/mol. The van der Waals surface area contributed by atoms with Crippen molar-refractivity contribution in [3.8, 4) is 5.75 Å². The zero-order chi connectivity index (χ0) is 23.8. The number of benzene rings is 2. The van der Waals surface area contributed by atoms with Gasteiger partial charge in [-0.1, -0.05) is 31.5 Å². The number of hydrogen-bond donors (Lipinski definition) is 2. The highest BCUT2D eigenvalue weighted by atomic mass is 35.5. The predicted molar refractivity (Wildman–Crippen MR) is 117 cm³/mol. The van der Waals surface area contributed by atoms with Crippen LogP contribution in [-0.4, -0.2) is 25.7 Å². The Labute approximate surface area is 189 Å². The van der Waals surface area contributed by atoms with E-state index in [0.717, 1.165) is 5.56 Å². The van der Waals surface area contributed by atoms with Gasteiger partial charge in [0.05, 0.1) is 7.11 Å². The Morgan fingerprint density at radius 3 is 2.53 bits per heavy atom. The van der Waals surface area contributed by atoms with Crippen LogP contribution in [-0.2, 0) is 15.4 Å². The molecule has 1 atom stereocenters. The summed E-state index contributed by atoms with van der Waals surface area (Å²) in [6.45, 7) is 6.84. The van der Waals surface area contributed by atoms with Crippen LogP contribution in [0.1, 0.15) is 42.5 Å². The zero-order valence-electron chi connectivity index (χ0n) is 18.1. The Bertz CT molecular complexity index is 1320. The number of sulfonamides is 1. The Hall–Kier alpha value is -2.69. The number of aryl methyl sites for hydroxylation is 1. The van der Waals surface area contributed by atoms with Gasteiger partial charge in [0.25, 0.3) is 0 Å². The number of hydrogen-bond acceptors (Lipinski definition) is 6. The molecule has 0 saturated carbocycles. The Morgan fingerprint density at radius 2 is 1.94 bits per heavy atom. The van der Waals surface area contributed by atoms with Crippen LogP contribution in [0.5, 0.6) is 5.75 Å². The number of ether oxygens (including phenoxy) is 1. The van der Waals surface area contributed by atoms with Crippen LogP contribution in [0.4, 0.5) is 4.39 Å². The first-order chi connectivity index (χ1) is 14.9. The molecule has 3 aromatic rings. The minimum absolute atomic E-state index is 0.0166. The van der Waals surface area contributed by atoms with Crippen molar-refractivity contribution < 1.29 is 22.0 Å². The number of rotatable bonds is 7. The summed E-state index contributed by atoms with van der Waals surface area (Å²) in [4.78, 5) is 11.5. The molecule has 0 spiro atoms. The van der Waals surface area contributed by atoms with Crippen molar-refractivity contribution in [2.24, 2.45) is 0 Å². The summed E-state index contributed by atoms with van der Waals surface area (Å²) < 4.78 is 54.5. The van der Waals surface area contributed by atoms with E-state index in [1.807, 2.05) is 6.92 Å². The van der Waals surface area contributed by atoms with E-state index in [9.17, 15) is 17.6 Å². The number of aromatic nitrogens is 2. The summed E-state index contributed by atoms with van der Waals surface area (Å²) in [5.41, 5.74) is 0.497. The first-order valence-corrected chi connectivity index (χ1v) is 11.4. The van der Waals surface area contributed by atoms with E-state index in [2.05, 4.69) is 14.9 Å². The van der Waals surface area contributed by atoms with Gasteiger partial charge in [0.15, 0.2) is 0 Å². The van der Waals surface area contributed by atoms with E-state index < -0.39 is 33.1 Å². The van der Waals surface area contributed by atoms with Crippen LogP contribution < -0.4 is 15.2 Å². The normalized spacial score (nSPS) is 13.2. The second kappa shape index (κ2) is 8.68. The topological polar surface area (TPSA) is 114 Å². The minimum atomic E-state index is -4.26. The van der Waals surface area contributed by atoms with Gasteiger partial charge in [-0.3, -0.25) is 0 Å². The fourth-order valence-electron chi connectivity index (χ4n) is 3.67. The smallest absolute Gasteiger partial charge is 0.434 e. The number of H-pyrrole nitrogens is 1. The van der Waals surface area contributed by atoms with Crippen molar-refractivity contribution in [3.05, 3.63) is 74.3 Å². The fraction of sp³-hybridized carbons (Fsp3) is 0.333. The van der Waals surface area contributed by atoms with Crippen molar-refractivity contribution in [2.45, 2.75) is 44.0 Å². The summed E-state index contributed by atoms with van der Waals surface area (Å²) in [7, 11) is -2.95. The van der Waals surface area contributed by atoms with E-state index in [4.69, 9.17) is 20.8 Å². The molecule has 11 heteroatoms. The molecule has 0 fully saturated rings. The van der Waals surface area contributed by atoms with Crippen LogP contribution in [0.25, 0.3) is 0 Å². The van der Waals surface area contributed by atoms with E-state index in [-0.39, 0.29) is 27.1 Å². The predicted octanol–water partition coefficient (Wildman–Crippen LogP) is 3.78. The molecule has 0 radical (unpaired) electrons. The second-order valence-electron chi connectivity index (χ2n) is 7.89. The van der Waals surface area contributed by atoms with E-state index >= 15 is 0 Å². The number of aromatic amines is 1. The van der Waals surface area contributed by atoms with Crippen LogP contribution >= 0.6 is 11.6 Å². The molecule has 0 amide bonds. The third-order valence-electron chi connectivity index (χ3n) is 5.44. The molecule has 2 N–H and O–H groups in total. The van der Waals surface area contributed by atoms with Crippen molar-refractivity contribution in [2.75, 3.05) is 7.11 Å². The Balaban J connectivity index is 2.19. The third kappa shape index (κ3) is 4.43. The maximum Gasteiger partial charge on any atom is 0.434 e. The lowest BCUT2D eigenvalue weighted by Crippen LogP contribution is -2.42. The van der Waals surface area contributed by atoms with E-state index in [1.165, 1.54) is 31.4 Å². The summed E-state index contributed by atoms with van der Waals surface area (Å²) >= 11 is 5.95. The minimum Gasteiger partial charge on any atom is -0.495 e. The lowest BCUT2D eigenvalue weighted by Gasteiger charge is -2.35. The summed E-state index contributed by atoms with van der Waals surface area (Å²) in [6, 6.07) is 5.74. The fourth-order valence-corrected chi connectivity index (χ4v) is 5.32. The number of nitrogens with zero attached hydrogens (tertiary/aromatic N) is 1. The van der Waals surface area contributed by atoms with E-state index in [1.54, 1.807) is 26.8 Å². The third-order valence-corrected chi connectivity index (χ3v) is 7.14. The van der Waals surface area contributed by atoms with Gasteiger partial charge in [0, 0.05) is 16.5 Å². The van der Waals surface area contributed by atoms with Crippen LogP contribution in [0, 0.1) is 19.7 Å². The van der Waals surface area contributed by atoms with Gasteiger partial charge in [-0.25, -0.2) is 22.7 Å². The van der Waals surface area contributed by atoms with Gasteiger partial charge in [0.1, 0.15) is 22.5 Å². The molecule has 172 valence electrons. The Kier molecular flexibility index (Phi) is 6.50. The number of halogens is 2. The highest BCUT2D eigenvalue weighted by molar-refractivity contribution is 7.89. The lowest BCUT2D eigenvalue weighted by atomic mass is 9.75. The van der Waals surface area contributed by atoms with Gasteiger partial charge in [0.2, 0.25) is 15.9 Å². The summed E-state index contributed by atoms with van der Waals surface area (Å²) in [5, 5.41) is 6.23. The molecule has 8 nitrogen and oxygen atoms in total. The SMILES string of the molecule is COc1cc(Cl)ccc1S(=O)(=O)NC(c1n[nH]c(=O)o1)C(C)(C)c1c(F)ccc(C)c1C. The van der Waals surface area contributed by atoms with Gasteiger partial charge in [-0.15, -0.1) is 5.10 Å². The van der Waals surface area contributed by atoms with E-state index in [0.29, 0.717) is 5.56 Å². The van der Waals surface area contributed by atoms with Gasteiger partial charge in [-0.2, -0.15) is 4.72 Å². The van der Waals surface area contributed by atoms with Crippen LogP contribution in [0.15, 0.2) is 44.4 Å². The van der Waals surface area contributed by atoms with Crippen LogP contribution in [0.3, 0.4) is 0 Å². The summed E-state index contributed by atoms with van der Waals surface area (Å²) in [6.07, 6.45) is 0. The Morgan fingerprint density at radius 1 is 1.25 bits per heavy atom. The molecule has 32 heavy (non-hydrogen) atoms. The molecule has 0 aliphatic carbocycles. The molecule has 1 heterocycles. The molecule has 2 aromatic carbocycles. The molecule has 1 unspecified atom stereocenters. The average Bonchev–Trinajstić information content (AvgIpc) is 3.14. The molecule has 3 rings (SSSR count). The standard InChI is InChI=1S/C21H23ClFN3O5S/c1-11-6-8-14(23)17(12(11)2)21(3,4)18(19-24-25-20(27)31-19)26-32(28,29)16-9-7-13(22)10-15(16)30-5/h6-10,18,26H,1-5H3,(H,25,27). The van der Waals surface area contributed by atoms with Gasteiger partial charge < -0.3 is 9.15 Å². The van der Waals surface area contributed by atoms with Gasteiger partial charge >= 0.3 is 5.76 Å². The zero-order valence-corrected chi connectivity index (χ0v) is 19.7. The number of nitrogens with one attached hydrogen (secondary N) is 2. The van der Waals surface area contributed by atoms with Crippen molar-refractivity contribution in [1.29, 1.82) is 0 Å². The van der Waals surface area contributed by atoms with Crippen molar-refractivity contribution in [3.63, 3.8) is 0 Å². The molecular weight excluding hydrogens is 461 g/mol. The molecule has 1 aromatic heterocycles. The highest BCUT2D eigenvalue weighted by Gasteiger charge is 2.42. The number of methoxy groups -OCH3 is 1. The maximum atomic E-state index is 15.0. The largest absolute Gasteiger partial charge is 0.495 e. The first kappa shape index (κ1) is 24.0. The molecule has 0 aliphatic rings. The van der Waals surface area contributed by atoms with Crippen molar-refractivity contribution in [1.82, 2.24) is 14.9 Å². The monoisotopic (exact) mass is 483 g/mol. The molecular formula is C21H23ClFN3O5S. The quantitative estimate of drug-likeness (QED) is 0.528. The molecule has 0 bridgehead atoms. The van der Waals surface area contributed by atoms with Gasteiger partial charge in [-0.05, 0) is 48.7 Å². The molecule has 0 aliphatic heterocycles. The first-order valence-electron chi connectivity index (χ1n) is 9.56.